The van der Waals surface area contributed by atoms with Crippen molar-refractivity contribution in [2.45, 2.75) is 31.2 Å². The maximum absolute atomic E-state index is 12.5. The third-order valence-electron chi connectivity index (χ3n) is 4.94. The number of para-hydroxylation sites is 1. The Hall–Kier alpha value is -2.57. The molecule has 2 aliphatic rings. The van der Waals surface area contributed by atoms with Crippen LogP contribution in [0.5, 0.6) is 0 Å². The van der Waals surface area contributed by atoms with Crippen molar-refractivity contribution in [2.75, 3.05) is 25.5 Å². The summed E-state index contributed by atoms with van der Waals surface area (Å²) < 4.78 is 4.51. The fraction of sp³-hybridized carbons (Fsp3) is 0.471. The van der Waals surface area contributed by atoms with Crippen LogP contribution in [0.1, 0.15) is 25.3 Å². The molecule has 0 saturated carbocycles. The van der Waals surface area contributed by atoms with E-state index in [1.807, 2.05) is 24.3 Å². The largest absolute Gasteiger partial charge is 0.453 e. The number of likely N-dealkylation sites (tertiary alicyclic amines) is 1. The number of carbonyl (C=O) groups excluding carboxylic acids is 3. The molecular weight excluding hydrogens is 310 g/mol. The van der Waals surface area contributed by atoms with Crippen LogP contribution < -0.4 is 10.6 Å². The monoisotopic (exact) mass is 331 g/mol. The molecule has 2 heterocycles. The minimum atomic E-state index is -0.656. The molecule has 1 aromatic carbocycles. The Morgan fingerprint density at radius 2 is 1.96 bits per heavy atom. The highest BCUT2D eigenvalue weighted by molar-refractivity contribution is 6.06. The minimum absolute atomic E-state index is 0.0107. The third kappa shape index (κ3) is 2.60. The number of ether oxygens (including phenoxy) is 1. The fourth-order valence-electron chi connectivity index (χ4n) is 3.55. The van der Waals surface area contributed by atoms with Gasteiger partial charge in [-0.05, 0) is 31.4 Å². The Kier molecular flexibility index (Phi) is 4.17. The van der Waals surface area contributed by atoms with Crippen LogP contribution in [-0.4, -0.2) is 49.0 Å². The summed E-state index contributed by atoms with van der Waals surface area (Å²) in [4.78, 5) is 37.9. The molecule has 1 atom stereocenters. The quantitative estimate of drug-likeness (QED) is 0.853. The zero-order chi connectivity index (χ0) is 17.3. The number of carbonyl (C=O) groups is 3. The van der Waals surface area contributed by atoms with Crippen molar-refractivity contribution in [1.29, 1.82) is 0 Å². The Morgan fingerprint density at radius 3 is 2.62 bits per heavy atom. The number of fused-ring (bicyclic) bond motifs is 2. The molecule has 1 fully saturated rings. The Labute approximate surface area is 140 Å². The van der Waals surface area contributed by atoms with Crippen LogP contribution in [-0.2, 0) is 19.7 Å². The van der Waals surface area contributed by atoms with E-state index < -0.39 is 17.6 Å². The molecule has 2 N–H and O–H groups in total. The van der Waals surface area contributed by atoms with Gasteiger partial charge in [-0.15, -0.1) is 0 Å². The first-order valence-electron chi connectivity index (χ1n) is 8.02. The summed E-state index contributed by atoms with van der Waals surface area (Å²) >= 11 is 0. The number of nitrogens with zero attached hydrogens (tertiary/aromatic N) is 1. The molecule has 0 aromatic heterocycles. The van der Waals surface area contributed by atoms with Crippen molar-refractivity contribution in [3.63, 3.8) is 0 Å². The summed E-state index contributed by atoms with van der Waals surface area (Å²) in [5.41, 5.74) is 1.33. The van der Waals surface area contributed by atoms with Crippen LogP contribution in [0.4, 0.5) is 10.5 Å². The van der Waals surface area contributed by atoms with Gasteiger partial charge >= 0.3 is 6.09 Å². The normalized spacial score (nSPS) is 19.4. The van der Waals surface area contributed by atoms with E-state index in [9.17, 15) is 14.4 Å². The molecule has 1 spiro atoms. The topological polar surface area (TPSA) is 87.7 Å². The summed E-state index contributed by atoms with van der Waals surface area (Å²) in [7, 11) is 1.26. The van der Waals surface area contributed by atoms with Gasteiger partial charge in [0.2, 0.25) is 11.8 Å². The SMILES string of the molecule is COC(=O)N[C@H](C)C(=O)N1CCC2(CC1)C(=O)Nc1ccccc12. The molecule has 0 aliphatic carbocycles. The molecule has 0 unspecified atom stereocenters. The number of nitrogens with one attached hydrogen (secondary N) is 2. The number of piperidine rings is 1. The second kappa shape index (κ2) is 6.14. The number of anilines is 1. The van der Waals surface area contributed by atoms with Crippen molar-refractivity contribution >= 4 is 23.6 Å². The molecule has 128 valence electrons. The highest BCUT2D eigenvalue weighted by Gasteiger charge is 2.48. The van der Waals surface area contributed by atoms with Gasteiger partial charge in [-0.2, -0.15) is 0 Å². The smallest absolute Gasteiger partial charge is 0.407 e. The van der Waals surface area contributed by atoms with Gasteiger partial charge in [0.25, 0.3) is 0 Å². The zero-order valence-electron chi connectivity index (χ0n) is 13.8. The Balaban J connectivity index is 1.69. The average Bonchev–Trinajstić information content (AvgIpc) is 2.87. The second-order valence-corrected chi connectivity index (χ2v) is 6.26. The standard InChI is InChI=1S/C17H21N3O4/c1-11(18-16(23)24-2)14(21)20-9-7-17(8-10-20)12-5-3-4-6-13(12)19-15(17)22/h3-6,11H,7-10H2,1-2H3,(H,18,23)(H,19,22)/t11-/m1/s1. The van der Waals surface area contributed by atoms with Crippen LogP contribution in [0.3, 0.4) is 0 Å². The predicted molar refractivity (Wildman–Crippen MR) is 87.6 cm³/mol. The highest BCUT2D eigenvalue weighted by atomic mass is 16.5. The predicted octanol–water partition coefficient (Wildman–Crippen LogP) is 1.24. The first-order chi connectivity index (χ1) is 11.5. The van der Waals surface area contributed by atoms with Crippen molar-refractivity contribution in [1.82, 2.24) is 10.2 Å². The highest BCUT2D eigenvalue weighted by Crippen LogP contribution is 2.44. The van der Waals surface area contributed by atoms with Crippen LogP contribution >= 0.6 is 0 Å². The van der Waals surface area contributed by atoms with Crippen LogP contribution in [0.15, 0.2) is 24.3 Å². The molecule has 7 nitrogen and oxygen atoms in total. The summed E-state index contributed by atoms with van der Waals surface area (Å²) in [5.74, 6) is -0.154. The molecule has 1 aromatic rings. The van der Waals surface area contributed by atoms with Crippen molar-refractivity contribution < 1.29 is 19.1 Å². The number of hydrogen-bond donors (Lipinski definition) is 2. The maximum Gasteiger partial charge on any atom is 0.407 e. The van der Waals surface area contributed by atoms with E-state index in [2.05, 4.69) is 15.4 Å². The summed E-state index contributed by atoms with van der Waals surface area (Å²) in [5, 5.41) is 5.42. The van der Waals surface area contributed by atoms with Gasteiger partial charge in [0, 0.05) is 18.8 Å². The zero-order valence-corrected chi connectivity index (χ0v) is 13.8. The number of benzene rings is 1. The molecular formula is C17H21N3O4. The number of rotatable bonds is 2. The molecule has 2 aliphatic heterocycles. The Morgan fingerprint density at radius 1 is 1.29 bits per heavy atom. The van der Waals surface area contributed by atoms with E-state index in [1.165, 1.54) is 7.11 Å². The van der Waals surface area contributed by atoms with E-state index in [0.717, 1.165) is 11.3 Å². The molecule has 1 saturated heterocycles. The second-order valence-electron chi connectivity index (χ2n) is 6.26. The van der Waals surface area contributed by atoms with Gasteiger partial charge in [-0.25, -0.2) is 4.79 Å². The molecule has 7 heteroatoms. The van der Waals surface area contributed by atoms with Gasteiger partial charge in [-0.1, -0.05) is 18.2 Å². The first-order valence-corrected chi connectivity index (χ1v) is 8.02. The minimum Gasteiger partial charge on any atom is -0.453 e. The first kappa shape index (κ1) is 16.3. The van der Waals surface area contributed by atoms with E-state index in [0.29, 0.717) is 25.9 Å². The van der Waals surface area contributed by atoms with Gasteiger partial charge in [0.05, 0.1) is 12.5 Å². The van der Waals surface area contributed by atoms with Crippen LogP contribution in [0.2, 0.25) is 0 Å². The lowest BCUT2D eigenvalue weighted by molar-refractivity contribution is -0.136. The van der Waals surface area contributed by atoms with E-state index >= 15 is 0 Å². The van der Waals surface area contributed by atoms with Crippen molar-refractivity contribution in [3.8, 4) is 0 Å². The molecule has 24 heavy (non-hydrogen) atoms. The van der Waals surface area contributed by atoms with Gasteiger partial charge in [0.1, 0.15) is 6.04 Å². The van der Waals surface area contributed by atoms with Gasteiger partial charge < -0.3 is 20.3 Å². The number of hydrogen-bond acceptors (Lipinski definition) is 4. The molecule has 0 radical (unpaired) electrons. The van der Waals surface area contributed by atoms with E-state index in [-0.39, 0.29) is 11.8 Å². The summed E-state index contributed by atoms with van der Waals surface area (Å²) in [6, 6.07) is 7.06. The van der Waals surface area contributed by atoms with Crippen molar-refractivity contribution in [3.05, 3.63) is 29.8 Å². The molecule has 3 amide bonds. The maximum atomic E-state index is 12.5. The number of alkyl carbamates (subject to hydrolysis) is 1. The number of amides is 3. The Bertz CT molecular complexity index is 680. The fourth-order valence-corrected chi connectivity index (χ4v) is 3.55. The third-order valence-corrected chi connectivity index (χ3v) is 4.94. The van der Waals surface area contributed by atoms with Crippen LogP contribution in [0.25, 0.3) is 0 Å². The summed E-state index contributed by atoms with van der Waals surface area (Å²) in [6.07, 6.45) is 0.521. The van der Waals surface area contributed by atoms with Gasteiger partial charge in [-0.3, -0.25) is 9.59 Å². The average molecular weight is 331 g/mol. The van der Waals surface area contributed by atoms with Crippen molar-refractivity contribution in [2.24, 2.45) is 0 Å². The van der Waals surface area contributed by atoms with Gasteiger partial charge in [0.15, 0.2) is 0 Å². The lowest BCUT2D eigenvalue weighted by Crippen LogP contribution is -2.53. The molecule has 0 bridgehead atoms. The molecule has 3 rings (SSSR count). The number of methoxy groups -OCH3 is 1. The lowest BCUT2D eigenvalue weighted by Gasteiger charge is -2.38. The summed E-state index contributed by atoms with van der Waals surface area (Å²) in [6.45, 7) is 2.59. The van der Waals surface area contributed by atoms with Crippen LogP contribution in [0, 0.1) is 0 Å². The van der Waals surface area contributed by atoms with E-state index in [4.69, 9.17) is 0 Å². The lowest BCUT2D eigenvalue weighted by atomic mass is 9.73. The van der Waals surface area contributed by atoms with E-state index in [1.54, 1.807) is 11.8 Å².